The number of hydrogen-bond donors (Lipinski definition) is 2. The standard InChI is InChI=1S/C9H10FNO2/c1-11-8(9(12)13)6-3-2-4-7(10)5-6/h2-5,8,11H,1H3,(H,12,13)/t8-/m0/s1. The van der Waals surface area contributed by atoms with Gasteiger partial charge in [-0.3, -0.25) is 4.79 Å². The van der Waals surface area contributed by atoms with Gasteiger partial charge in [0.2, 0.25) is 0 Å². The van der Waals surface area contributed by atoms with Crippen molar-refractivity contribution >= 4 is 5.97 Å². The van der Waals surface area contributed by atoms with Gasteiger partial charge in [0.1, 0.15) is 11.9 Å². The molecule has 1 aromatic carbocycles. The molecule has 0 fully saturated rings. The molecule has 0 aliphatic carbocycles. The van der Waals surface area contributed by atoms with Crippen molar-refractivity contribution in [2.24, 2.45) is 0 Å². The number of carboxylic acids is 1. The maximum atomic E-state index is 12.7. The van der Waals surface area contributed by atoms with Crippen LogP contribution >= 0.6 is 0 Å². The van der Waals surface area contributed by atoms with Crippen LogP contribution < -0.4 is 5.32 Å². The first kappa shape index (κ1) is 9.67. The van der Waals surface area contributed by atoms with Crippen molar-refractivity contribution in [1.82, 2.24) is 5.32 Å². The smallest absolute Gasteiger partial charge is 0.325 e. The van der Waals surface area contributed by atoms with Gasteiger partial charge in [0.05, 0.1) is 0 Å². The average Bonchev–Trinajstić information content (AvgIpc) is 2.04. The minimum Gasteiger partial charge on any atom is -0.480 e. The minimum absolute atomic E-state index is 0.412. The molecule has 0 saturated heterocycles. The highest BCUT2D eigenvalue weighted by Gasteiger charge is 2.17. The normalized spacial score (nSPS) is 12.5. The van der Waals surface area contributed by atoms with Gasteiger partial charge >= 0.3 is 5.97 Å². The summed E-state index contributed by atoms with van der Waals surface area (Å²) in [5, 5.41) is 11.3. The summed E-state index contributed by atoms with van der Waals surface area (Å²) in [4.78, 5) is 10.7. The first-order valence-electron chi connectivity index (χ1n) is 3.80. The fourth-order valence-electron chi connectivity index (χ4n) is 1.12. The molecule has 13 heavy (non-hydrogen) atoms. The number of carboxylic acid groups (broad SMARTS) is 1. The predicted molar refractivity (Wildman–Crippen MR) is 45.8 cm³/mol. The minimum atomic E-state index is -1.02. The molecular weight excluding hydrogens is 173 g/mol. The molecule has 0 amide bonds. The van der Waals surface area contributed by atoms with Crippen molar-refractivity contribution in [3.05, 3.63) is 35.6 Å². The first-order chi connectivity index (χ1) is 6.15. The molecule has 0 aliphatic rings. The van der Waals surface area contributed by atoms with E-state index < -0.39 is 17.8 Å². The van der Waals surface area contributed by atoms with Crippen molar-refractivity contribution in [2.45, 2.75) is 6.04 Å². The Morgan fingerprint density at radius 3 is 2.77 bits per heavy atom. The highest BCUT2D eigenvalue weighted by Crippen LogP contribution is 2.13. The van der Waals surface area contributed by atoms with Gasteiger partial charge in [-0.25, -0.2) is 4.39 Å². The number of halogens is 1. The number of nitrogens with one attached hydrogen (secondary N) is 1. The highest BCUT2D eigenvalue weighted by atomic mass is 19.1. The van der Waals surface area contributed by atoms with E-state index >= 15 is 0 Å². The third kappa shape index (κ3) is 2.26. The third-order valence-electron chi connectivity index (χ3n) is 1.72. The zero-order valence-corrected chi connectivity index (χ0v) is 7.12. The molecule has 70 valence electrons. The fourth-order valence-corrected chi connectivity index (χ4v) is 1.12. The summed E-state index contributed by atoms with van der Waals surface area (Å²) in [5.41, 5.74) is 0.412. The molecular formula is C9H10FNO2. The van der Waals surface area contributed by atoms with Crippen molar-refractivity contribution < 1.29 is 14.3 Å². The van der Waals surface area contributed by atoms with Crippen LogP contribution in [0, 0.1) is 5.82 Å². The molecule has 4 heteroatoms. The van der Waals surface area contributed by atoms with Crippen LogP contribution in [0.4, 0.5) is 4.39 Å². The van der Waals surface area contributed by atoms with Gasteiger partial charge in [-0.15, -0.1) is 0 Å². The molecule has 0 saturated carbocycles. The Kier molecular flexibility index (Phi) is 2.97. The van der Waals surface area contributed by atoms with Crippen molar-refractivity contribution in [1.29, 1.82) is 0 Å². The number of benzene rings is 1. The Bertz CT molecular complexity index is 314. The van der Waals surface area contributed by atoms with Crippen LogP contribution in [0.5, 0.6) is 0 Å². The van der Waals surface area contributed by atoms with E-state index in [1.807, 2.05) is 0 Å². The SMILES string of the molecule is CN[C@H](C(=O)O)c1cccc(F)c1. The van der Waals surface area contributed by atoms with E-state index in [1.54, 1.807) is 6.07 Å². The average molecular weight is 183 g/mol. The monoisotopic (exact) mass is 183 g/mol. The Morgan fingerprint density at radius 2 is 2.31 bits per heavy atom. The largest absolute Gasteiger partial charge is 0.480 e. The summed E-state index contributed by atoms with van der Waals surface area (Å²) in [5.74, 6) is -1.45. The lowest BCUT2D eigenvalue weighted by Gasteiger charge is -2.10. The van der Waals surface area contributed by atoms with Gasteiger partial charge in [-0.2, -0.15) is 0 Å². The number of carbonyl (C=O) groups is 1. The van der Waals surface area contributed by atoms with Gasteiger partial charge in [0, 0.05) is 0 Å². The molecule has 2 N–H and O–H groups in total. The Morgan fingerprint density at radius 1 is 1.62 bits per heavy atom. The third-order valence-corrected chi connectivity index (χ3v) is 1.72. The number of aliphatic carboxylic acids is 1. The van der Waals surface area contributed by atoms with Crippen molar-refractivity contribution in [3.8, 4) is 0 Å². The molecule has 1 atom stereocenters. The van der Waals surface area contributed by atoms with E-state index in [2.05, 4.69) is 5.32 Å². The van der Waals surface area contributed by atoms with Crippen molar-refractivity contribution in [2.75, 3.05) is 7.05 Å². The van der Waals surface area contributed by atoms with E-state index in [0.717, 1.165) is 0 Å². The first-order valence-corrected chi connectivity index (χ1v) is 3.80. The Labute approximate surface area is 75.2 Å². The molecule has 0 unspecified atom stereocenters. The van der Waals surface area contributed by atoms with Crippen LogP contribution in [-0.4, -0.2) is 18.1 Å². The van der Waals surface area contributed by atoms with Crippen LogP contribution in [0.2, 0.25) is 0 Å². The second-order valence-electron chi connectivity index (χ2n) is 2.61. The maximum Gasteiger partial charge on any atom is 0.325 e. The summed E-state index contributed by atoms with van der Waals surface area (Å²) < 4.78 is 12.7. The van der Waals surface area contributed by atoms with Crippen LogP contribution in [0.3, 0.4) is 0 Å². The van der Waals surface area contributed by atoms with Crippen LogP contribution in [-0.2, 0) is 4.79 Å². The second kappa shape index (κ2) is 4.00. The molecule has 1 rings (SSSR count). The Balaban J connectivity index is 2.98. The number of likely N-dealkylation sites (N-methyl/N-ethyl adjacent to an activating group) is 1. The Hall–Kier alpha value is -1.42. The fraction of sp³-hybridized carbons (Fsp3) is 0.222. The van der Waals surface area contributed by atoms with E-state index in [4.69, 9.17) is 5.11 Å². The summed E-state index contributed by atoms with van der Waals surface area (Å²) in [6.07, 6.45) is 0. The lowest BCUT2D eigenvalue weighted by molar-refractivity contribution is -0.139. The van der Waals surface area contributed by atoms with Crippen LogP contribution in [0.1, 0.15) is 11.6 Å². The lowest BCUT2D eigenvalue weighted by Crippen LogP contribution is -2.24. The molecule has 1 aromatic rings. The summed E-state index contributed by atoms with van der Waals surface area (Å²) in [6, 6.07) is 4.68. The van der Waals surface area contributed by atoms with E-state index in [9.17, 15) is 9.18 Å². The van der Waals surface area contributed by atoms with Crippen LogP contribution in [0.25, 0.3) is 0 Å². The molecule has 0 spiro atoms. The van der Waals surface area contributed by atoms with Gasteiger partial charge in [-0.1, -0.05) is 12.1 Å². The second-order valence-corrected chi connectivity index (χ2v) is 2.61. The van der Waals surface area contributed by atoms with Gasteiger partial charge in [0.25, 0.3) is 0 Å². The molecule has 0 heterocycles. The number of hydrogen-bond acceptors (Lipinski definition) is 2. The van der Waals surface area contributed by atoms with Crippen molar-refractivity contribution in [3.63, 3.8) is 0 Å². The van der Waals surface area contributed by atoms with E-state index in [-0.39, 0.29) is 0 Å². The van der Waals surface area contributed by atoms with Crippen LogP contribution in [0.15, 0.2) is 24.3 Å². The molecule has 0 bridgehead atoms. The zero-order valence-electron chi connectivity index (χ0n) is 7.12. The highest BCUT2D eigenvalue weighted by molar-refractivity contribution is 5.75. The quantitative estimate of drug-likeness (QED) is 0.739. The molecule has 0 aliphatic heterocycles. The topological polar surface area (TPSA) is 49.3 Å². The lowest BCUT2D eigenvalue weighted by atomic mass is 10.1. The molecule has 3 nitrogen and oxygen atoms in total. The zero-order chi connectivity index (χ0) is 9.84. The maximum absolute atomic E-state index is 12.7. The van der Waals surface area contributed by atoms with Gasteiger partial charge in [-0.05, 0) is 24.7 Å². The summed E-state index contributed by atoms with van der Waals surface area (Å²) in [7, 11) is 1.52. The van der Waals surface area contributed by atoms with E-state index in [1.165, 1.54) is 25.2 Å². The number of rotatable bonds is 3. The predicted octanol–water partition coefficient (Wildman–Crippen LogP) is 1.17. The summed E-state index contributed by atoms with van der Waals surface area (Å²) >= 11 is 0. The molecule has 0 radical (unpaired) electrons. The van der Waals surface area contributed by atoms with E-state index in [0.29, 0.717) is 5.56 Å². The van der Waals surface area contributed by atoms with Gasteiger partial charge in [0.15, 0.2) is 0 Å². The molecule has 0 aromatic heterocycles. The van der Waals surface area contributed by atoms with Gasteiger partial charge < -0.3 is 10.4 Å². The summed E-state index contributed by atoms with van der Waals surface area (Å²) in [6.45, 7) is 0.